The summed E-state index contributed by atoms with van der Waals surface area (Å²) in [5, 5.41) is 0. The zero-order valence-electron chi connectivity index (χ0n) is 10.6. The fourth-order valence-electron chi connectivity index (χ4n) is 1.48. The zero-order chi connectivity index (χ0) is 15.2. The minimum atomic E-state index is -4.79. The Kier molecular flexibility index (Phi) is 5.63. The number of carbonyl (C=O) groups excluding carboxylic acids is 1. The Balaban J connectivity index is 2.89. The SMILES string of the molecule is CCOC[C@H](OC(N)=O)c1cccc(OC(F)(F)F)c1. The molecule has 1 aromatic carbocycles. The fraction of sp³-hybridized carbons (Fsp3) is 0.417. The molecule has 0 heterocycles. The van der Waals surface area contributed by atoms with Crippen molar-refractivity contribution >= 4 is 6.09 Å². The Morgan fingerprint density at radius 2 is 2.10 bits per heavy atom. The molecule has 112 valence electrons. The number of nitrogens with two attached hydrogens (primary N) is 1. The van der Waals surface area contributed by atoms with E-state index in [0.717, 1.165) is 12.1 Å². The van der Waals surface area contributed by atoms with Gasteiger partial charge in [-0.15, -0.1) is 13.2 Å². The molecule has 0 saturated carbocycles. The summed E-state index contributed by atoms with van der Waals surface area (Å²) in [4.78, 5) is 10.8. The molecule has 8 heteroatoms. The van der Waals surface area contributed by atoms with Gasteiger partial charge in [0.2, 0.25) is 0 Å². The van der Waals surface area contributed by atoms with Crippen molar-refractivity contribution in [2.45, 2.75) is 19.4 Å². The molecule has 5 nitrogen and oxygen atoms in total. The van der Waals surface area contributed by atoms with Crippen LogP contribution in [0.25, 0.3) is 0 Å². The minimum absolute atomic E-state index is 0.0189. The molecule has 0 aromatic heterocycles. The molecular weight excluding hydrogens is 279 g/mol. The average Bonchev–Trinajstić information content (AvgIpc) is 2.32. The van der Waals surface area contributed by atoms with Crippen LogP contribution < -0.4 is 10.5 Å². The molecule has 0 bridgehead atoms. The van der Waals surface area contributed by atoms with Gasteiger partial charge in [-0.2, -0.15) is 0 Å². The summed E-state index contributed by atoms with van der Waals surface area (Å²) < 4.78 is 50.1. The highest BCUT2D eigenvalue weighted by Gasteiger charge is 2.31. The van der Waals surface area contributed by atoms with Crippen LogP contribution in [0, 0.1) is 0 Å². The topological polar surface area (TPSA) is 70.8 Å². The normalized spacial score (nSPS) is 12.8. The maximum atomic E-state index is 12.1. The van der Waals surface area contributed by atoms with Gasteiger partial charge in [0, 0.05) is 6.61 Å². The van der Waals surface area contributed by atoms with Gasteiger partial charge in [-0.3, -0.25) is 0 Å². The first-order chi connectivity index (χ1) is 9.31. The molecule has 0 spiro atoms. The highest BCUT2D eigenvalue weighted by atomic mass is 19.4. The molecule has 1 aromatic rings. The van der Waals surface area contributed by atoms with E-state index in [2.05, 4.69) is 4.74 Å². The van der Waals surface area contributed by atoms with Gasteiger partial charge in [-0.05, 0) is 24.6 Å². The van der Waals surface area contributed by atoms with Crippen molar-refractivity contribution in [2.75, 3.05) is 13.2 Å². The fourth-order valence-corrected chi connectivity index (χ4v) is 1.48. The van der Waals surface area contributed by atoms with E-state index in [9.17, 15) is 18.0 Å². The van der Waals surface area contributed by atoms with Gasteiger partial charge >= 0.3 is 12.5 Å². The van der Waals surface area contributed by atoms with Crippen LogP contribution in [0.4, 0.5) is 18.0 Å². The van der Waals surface area contributed by atoms with Crippen LogP contribution in [0.5, 0.6) is 5.75 Å². The number of benzene rings is 1. The van der Waals surface area contributed by atoms with Crippen LogP contribution >= 0.6 is 0 Å². The molecule has 0 radical (unpaired) electrons. The Labute approximate surface area is 113 Å². The number of halogens is 3. The van der Waals surface area contributed by atoms with Gasteiger partial charge in [0.25, 0.3) is 0 Å². The predicted octanol–water partition coefficient (Wildman–Crippen LogP) is 2.76. The average molecular weight is 293 g/mol. The zero-order valence-corrected chi connectivity index (χ0v) is 10.6. The van der Waals surface area contributed by atoms with Crippen LogP contribution in [-0.2, 0) is 9.47 Å². The van der Waals surface area contributed by atoms with E-state index >= 15 is 0 Å². The molecule has 1 rings (SSSR count). The number of amides is 1. The molecule has 1 atom stereocenters. The van der Waals surface area contributed by atoms with Crippen molar-refractivity contribution in [1.82, 2.24) is 0 Å². The summed E-state index contributed by atoms with van der Waals surface area (Å²) in [6.07, 6.45) is -6.74. The van der Waals surface area contributed by atoms with E-state index in [1.54, 1.807) is 6.92 Å². The molecule has 1 amide bonds. The summed E-state index contributed by atoms with van der Waals surface area (Å²) in [7, 11) is 0. The second-order valence-electron chi connectivity index (χ2n) is 3.71. The summed E-state index contributed by atoms with van der Waals surface area (Å²) in [6.45, 7) is 2.07. The molecular formula is C12H14F3NO4. The van der Waals surface area contributed by atoms with E-state index in [0.29, 0.717) is 12.2 Å². The molecule has 0 fully saturated rings. The van der Waals surface area contributed by atoms with Crippen molar-refractivity contribution in [3.8, 4) is 5.75 Å². The number of hydrogen-bond donors (Lipinski definition) is 1. The summed E-state index contributed by atoms with van der Waals surface area (Å²) in [5.41, 5.74) is 5.21. The molecule has 0 aliphatic heterocycles. The smallest absolute Gasteiger partial charge is 0.439 e. The lowest BCUT2D eigenvalue weighted by Crippen LogP contribution is -2.21. The van der Waals surface area contributed by atoms with E-state index in [1.165, 1.54) is 12.1 Å². The minimum Gasteiger partial charge on any atom is -0.439 e. The molecule has 0 aliphatic carbocycles. The molecule has 0 saturated heterocycles. The number of ether oxygens (including phenoxy) is 3. The van der Waals surface area contributed by atoms with E-state index in [4.69, 9.17) is 15.2 Å². The lowest BCUT2D eigenvalue weighted by molar-refractivity contribution is -0.274. The second kappa shape index (κ2) is 6.99. The Hall–Kier alpha value is -1.96. The lowest BCUT2D eigenvalue weighted by atomic mass is 10.1. The lowest BCUT2D eigenvalue weighted by Gasteiger charge is -2.18. The third-order valence-electron chi connectivity index (χ3n) is 2.20. The van der Waals surface area contributed by atoms with Gasteiger partial charge in [-0.25, -0.2) is 4.79 Å². The highest BCUT2D eigenvalue weighted by molar-refractivity contribution is 5.65. The Bertz CT molecular complexity index is 451. The molecule has 20 heavy (non-hydrogen) atoms. The summed E-state index contributed by atoms with van der Waals surface area (Å²) in [6, 6.07) is 5.08. The van der Waals surface area contributed by atoms with E-state index in [1.807, 2.05) is 0 Å². The monoisotopic (exact) mass is 293 g/mol. The first-order valence-electron chi connectivity index (χ1n) is 5.71. The Morgan fingerprint density at radius 1 is 1.40 bits per heavy atom. The number of rotatable bonds is 6. The quantitative estimate of drug-likeness (QED) is 0.875. The third-order valence-corrected chi connectivity index (χ3v) is 2.20. The predicted molar refractivity (Wildman–Crippen MR) is 63.0 cm³/mol. The van der Waals surface area contributed by atoms with Crippen LogP contribution in [0.2, 0.25) is 0 Å². The van der Waals surface area contributed by atoms with Gasteiger partial charge < -0.3 is 19.9 Å². The van der Waals surface area contributed by atoms with Crippen LogP contribution in [-0.4, -0.2) is 25.7 Å². The number of carbonyl (C=O) groups is 1. The standard InChI is InChI=1S/C12H14F3NO4/c1-2-18-7-10(19-11(16)17)8-4-3-5-9(6-8)20-12(13,14)15/h3-6,10H,2,7H2,1H3,(H2,16,17)/t10-/m0/s1. The summed E-state index contributed by atoms with van der Waals surface area (Å²) >= 11 is 0. The van der Waals surface area contributed by atoms with Crippen LogP contribution in [0.1, 0.15) is 18.6 Å². The largest absolute Gasteiger partial charge is 0.573 e. The van der Waals surface area contributed by atoms with Gasteiger partial charge in [0.1, 0.15) is 5.75 Å². The Morgan fingerprint density at radius 3 is 2.65 bits per heavy atom. The maximum Gasteiger partial charge on any atom is 0.573 e. The van der Waals surface area contributed by atoms with Crippen molar-refractivity contribution in [2.24, 2.45) is 5.73 Å². The molecule has 0 aliphatic rings. The number of hydrogen-bond acceptors (Lipinski definition) is 4. The summed E-state index contributed by atoms with van der Waals surface area (Å²) in [5.74, 6) is -0.412. The number of alkyl halides is 3. The third kappa shape index (κ3) is 5.79. The van der Waals surface area contributed by atoms with Gasteiger partial charge in [0.05, 0.1) is 6.61 Å². The highest BCUT2D eigenvalue weighted by Crippen LogP contribution is 2.27. The van der Waals surface area contributed by atoms with Gasteiger partial charge in [0.15, 0.2) is 6.10 Å². The van der Waals surface area contributed by atoms with Crippen LogP contribution in [0.3, 0.4) is 0 Å². The molecule has 0 unspecified atom stereocenters. The second-order valence-corrected chi connectivity index (χ2v) is 3.71. The number of primary amides is 1. The van der Waals surface area contributed by atoms with Gasteiger partial charge in [-0.1, -0.05) is 12.1 Å². The van der Waals surface area contributed by atoms with E-state index < -0.39 is 24.3 Å². The van der Waals surface area contributed by atoms with Crippen molar-refractivity contribution in [1.29, 1.82) is 0 Å². The first-order valence-corrected chi connectivity index (χ1v) is 5.71. The van der Waals surface area contributed by atoms with Crippen molar-refractivity contribution in [3.63, 3.8) is 0 Å². The van der Waals surface area contributed by atoms with Crippen LogP contribution in [0.15, 0.2) is 24.3 Å². The van der Waals surface area contributed by atoms with Crippen molar-refractivity contribution in [3.05, 3.63) is 29.8 Å². The first kappa shape index (κ1) is 16.1. The maximum absolute atomic E-state index is 12.1. The van der Waals surface area contributed by atoms with E-state index in [-0.39, 0.29) is 6.61 Å². The molecule has 2 N–H and O–H groups in total. The van der Waals surface area contributed by atoms with Crippen molar-refractivity contribution < 1.29 is 32.2 Å².